The van der Waals surface area contributed by atoms with E-state index in [0.29, 0.717) is 23.9 Å². The molecule has 1 fully saturated rings. The van der Waals surface area contributed by atoms with Crippen molar-refractivity contribution in [2.75, 3.05) is 29.9 Å². The van der Waals surface area contributed by atoms with Crippen molar-refractivity contribution in [2.45, 2.75) is 11.1 Å². The number of sulfonamides is 1. The van der Waals surface area contributed by atoms with Gasteiger partial charge in [0.15, 0.2) is 9.34 Å². The molecule has 152 valence electrons. The fourth-order valence-electron chi connectivity index (χ4n) is 3.23. The van der Waals surface area contributed by atoms with E-state index in [1.54, 1.807) is 24.9 Å². The third-order valence-electron chi connectivity index (χ3n) is 4.83. The van der Waals surface area contributed by atoms with Crippen molar-refractivity contribution in [3.8, 4) is 5.69 Å². The number of hydrogen-bond donors (Lipinski definition) is 1. The molecule has 0 atom stereocenters. The molecule has 11 heteroatoms. The van der Waals surface area contributed by atoms with Gasteiger partial charge in [0.25, 0.3) is 0 Å². The Morgan fingerprint density at radius 3 is 2.45 bits per heavy atom. The SMILES string of the molecule is Cc1nc(N(C)C(=O)C2CN(c3ccc(-n4cccn4)cc3)C2)sc1S(N)(=O)=O. The van der Waals surface area contributed by atoms with E-state index in [2.05, 4.69) is 15.0 Å². The van der Waals surface area contributed by atoms with E-state index in [4.69, 9.17) is 5.14 Å². The fraction of sp³-hybridized carbons (Fsp3) is 0.278. The first-order chi connectivity index (χ1) is 13.7. The maximum atomic E-state index is 12.8. The van der Waals surface area contributed by atoms with E-state index in [0.717, 1.165) is 22.7 Å². The van der Waals surface area contributed by atoms with Crippen LogP contribution in [0.1, 0.15) is 5.69 Å². The molecule has 3 aromatic rings. The molecule has 2 N–H and O–H groups in total. The molecule has 9 nitrogen and oxygen atoms in total. The highest BCUT2D eigenvalue weighted by atomic mass is 32.2. The van der Waals surface area contributed by atoms with Gasteiger partial charge in [-0.25, -0.2) is 23.2 Å². The third-order valence-corrected chi connectivity index (χ3v) is 7.62. The van der Waals surface area contributed by atoms with Crippen molar-refractivity contribution in [3.05, 3.63) is 48.4 Å². The van der Waals surface area contributed by atoms with Gasteiger partial charge in [-0.1, -0.05) is 11.3 Å². The summed E-state index contributed by atoms with van der Waals surface area (Å²) in [7, 11) is -2.24. The van der Waals surface area contributed by atoms with Crippen LogP contribution in [0.3, 0.4) is 0 Å². The number of benzene rings is 1. The summed E-state index contributed by atoms with van der Waals surface area (Å²) in [6.07, 6.45) is 3.61. The molecule has 0 bridgehead atoms. The zero-order valence-corrected chi connectivity index (χ0v) is 17.5. The Morgan fingerprint density at radius 2 is 1.90 bits per heavy atom. The quantitative estimate of drug-likeness (QED) is 0.651. The molecule has 0 radical (unpaired) electrons. The van der Waals surface area contributed by atoms with Crippen LogP contribution < -0.4 is 14.9 Å². The predicted octanol–water partition coefficient (Wildman–Crippen LogP) is 1.38. The van der Waals surface area contributed by atoms with Crippen LogP contribution in [0, 0.1) is 12.8 Å². The van der Waals surface area contributed by atoms with Crippen molar-refractivity contribution < 1.29 is 13.2 Å². The molecule has 3 heterocycles. The van der Waals surface area contributed by atoms with E-state index < -0.39 is 10.0 Å². The predicted molar refractivity (Wildman–Crippen MR) is 111 cm³/mol. The Hall–Kier alpha value is -2.76. The van der Waals surface area contributed by atoms with Crippen LogP contribution in [0.4, 0.5) is 10.8 Å². The molecule has 1 amide bonds. The summed E-state index contributed by atoms with van der Waals surface area (Å²) in [4.78, 5) is 20.5. The Morgan fingerprint density at radius 1 is 1.24 bits per heavy atom. The van der Waals surface area contributed by atoms with Gasteiger partial charge in [0.1, 0.15) is 0 Å². The lowest BCUT2D eigenvalue weighted by Gasteiger charge is -2.41. The van der Waals surface area contributed by atoms with E-state index in [1.807, 2.05) is 36.5 Å². The first-order valence-corrected chi connectivity index (χ1v) is 11.2. The van der Waals surface area contributed by atoms with Crippen LogP contribution in [0.5, 0.6) is 0 Å². The van der Waals surface area contributed by atoms with Gasteiger partial charge in [-0.05, 0) is 37.3 Å². The number of rotatable bonds is 5. The first kappa shape index (κ1) is 19.6. The maximum absolute atomic E-state index is 12.8. The van der Waals surface area contributed by atoms with Gasteiger partial charge in [-0.15, -0.1) is 0 Å². The van der Waals surface area contributed by atoms with E-state index in [-0.39, 0.29) is 16.0 Å². The van der Waals surface area contributed by atoms with Crippen molar-refractivity contribution >= 4 is 38.1 Å². The molecule has 1 aliphatic rings. The molecule has 0 spiro atoms. The number of carbonyl (C=O) groups is 1. The van der Waals surface area contributed by atoms with Gasteiger partial charge >= 0.3 is 0 Å². The van der Waals surface area contributed by atoms with Crippen LogP contribution >= 0.6 is 11.3 Å². The number of primary sulfonamides is 1. The molecule has 29 heavy (non-hydrogen) atoms. The number of amides is 1. The zero-order chi connectivity index (χ0) is 20.8. The molecule has 0 saturated carbocycles. The number of nitrogens with two attached hydrogens (primary N) is 1. The van der Waals surface area contributed by atoms with Gasteiger partial charge in [0.2, 0.25) is 15.9 Å². The number of anilines is 2. The molecule has 0 unspecified atom stereocenters. The summed E-state index contributed by atoms with van der Waals surface area (Å²) in [6.45, 7) is 2.75. The second kappa shape index (κ2) is 7.25. The number of hydrogen-bond acceptors (Lipinski definition) is 7. The zero-order valence-electron chi connectivity index (χ0n) is 15.9. The van der Waals surface area contributed by atoms with Crippen molar-refractivity contribution in [1.29, 1.82) is 0 Å². The van der Waals surface area contributed by atoms with Gasteiger partial charge in [-0.2, -0.15) is 5.10 Å². The number of aromatic nitrogens is 3. The second-order valence-electron chi connectivity index (χ2n) is 6.88. The summed E-state index contributed by atoms with van der Waals surface area (Å²) in [5, 5.41) is 9.73. The van der Waals surface area contributed by atoms with Crippen LogP contribution in [0.15, 0.2) is 46.9 Å². The summed E-state index contributed by atoms with van der Waals surface area (Å²) >= 11 is 0.911. The lowest BCUT2D eigenvalue weighted by molar-refractivity contribution is -0.122. The fourth-order valence-corrected chi connectivity index (χ4v) is 5.14. The molecule has 4 rings (SSSR count). The number of thiazole rings is 1. The average molecular weight is 433 g/mol. The highest BCUT2D eigenvalue weighted by Gasteiger charge is 2.36. The monoisotopic (exact) mass is 432 g/mol. The van der Waals surface area contributed by atoms with E-state index in [9.17, 15) is 13.2 Å². The van der Waals surface area contributed by atoms with Crippen LogP contribution in [-0.2, 0) is 14.8 Å². The van der Waals surface area contributed by atoms with Crippen LogP contribution in [0.25, 0.3) is 5.69 Å². The summed E-state index contributed by atoms with van der Waals surface area (Å²) < 4.78 is 25.0. The lowest BCUT2D eigenvalue weighted by atomic mass is 9.97. The van der Waals surface area contributed by atoms with Crippen molar-refractivity contribution in [1.82, 2.24) is 14.8 Å². The molecule has 2 aromatic heterocycles. The Kier molecular flexibility index (Phi) is 4.89. The Bertz CT molecular complexity index is 1130. The van der Waals surface area contributed by atoms with Gasteiger partial charge < -0.3 is 4.90 Å². The Balaban J connectivity index is 1.40. The minimum atomic E-state index is -3.84. The first-order valence-electron chi connectivity index (χ1n) is 8.87. The Labute approximate surface area is 172 Å². The van der Waals surface area contributed by atoms with E-state index in [1.165, 1.54) is 4.90 Å². The summed E-state index contributed by atoms with van der Waals surface area (Å²) in [5.41, 5.74) is 2.31. The smallest absolute Gasteiger partial charge is 0.249 e. The minimum Gasteiger partial charge on any atom is -0.370 e. The molecule has 1 saturated heterocycles. The largest absolute Gasteiger partial charge is 0.370 e. The van der Waals surface area contributed by atoms with Crippen LogP contribution in [0.2, 0.25) is 0 Å². The summed E-state index contributed by atoms with van der Waals surface area (Å²) in [6, 6.07) is 9.84. The number of aryl methyl sites for hydroxylation is 1. The van der Waals surface area contributed by atoms with Crippen molar-refractivity contribution in [3.63, 3.8) is 0 Å². The van der Waals surface area contributed by atoms with Gasteiger partial charge in [0, 0.05) is 38.2 Å². The standard InChI is InChI=1S/C18H20N6O3S2/c1-12-17(29(19,26)27)28-18(21-12)22(2)16(25)13-10-23(11-13)14-4-6-15(7-5-14)24-9-3-8-20-24/h3-9,13H,10-11H2,1-2H3,(H2,19,26,27). The normalized spacial score (nSPS) is 14.7. The molecular weight excluding hydrogens is 412 g/mol. The highest BCUT2D eigenvalue weighted by Crippen LogP contribution is 2.31. The van der Waals surface area contributed by atoms with Crippen LogP contribution in [-0.4, -0.2) is 49.2 Å². The van der Waals surface area contributed by atoms with Gasteiger partial charge in [-0.3, -0.25) is 9.69 Å². The molecule has 1 aromatic carbocycles. The second-order valence-corrected chi connectivity index (χ2v) is 9.61. The maximum Gasteiger partial charge on any atom is 0.249 e. The molecule has 1 aliphatic heterocycles. The highest BCUT2D eigenvalue weighted by molar-refractivity contribution is 7.91. The summed E-state index contributed by atoms with van der Waals surface area (Å²) in [5.74, 6) is -0.267. The average Bonchev–Trinajstić information content (AvgIpc) is 3.29. The topological polar surface area (TPSA) is 114 Å². The molecular formula is C18H20N6O3S2. The minimum absolute atomic E-state index is 0.0142. The van der Waals surface area contributed by atoms with Crippen molar-refractivity contribution in [2.24, 2.45) is 11.1 Å². The van der Waals surface area contributed by atoms with E-state index >= 15 is 0 Å². The number of nitrogens with zero attached hydrogens (tertiary/aromatic N) is 5. The molecule has 0 aliphatic carbocycles. The number of carbonyl (C=O) groups excluding carboxylic acids is 1. The van der Waals surface area contributed by atoms with Gasteiger partial charge in [0.05, 0.1) is 17.3 Å². The third kappa shape index (κ3) is 3.76. The lowest BCUT2D eigenvalue weighted by Crippen LogP contribution is -2.54.